The first kappa shape index (κ1) is 15.4. The van der Waals surface area contributed by atoms with Gasteiger partial charge < -0.3 is 9.31 Å². The lowest BCUT2D eigenvalue weighted by molar-refractivity contribution is 0.00578. The summed E-state index contributed by atoms with van der Waals surface area (Å²) < 4.78 is 13.4. The Balaban J connectivity index is 2.45. The van der Waals surface area contributed by atoms with E-state index in [4.69, 9.17) is 9.31 Å². The van der Waals surface area contributed by atoms with Crippen molar-refractivity contribution in [3.63, 3.8) is 0 Å². The molecule has 0 saturated carbocycles. The molecule has 0 radical (unpaired) electrons. The third kappa shape index (κ3) is 2.75. The van der Waals surface area contributed by atoms with Gasteiger partial charge in [0.2, 0.25) is 0 Å². The Morgan fingerprint density at radius 2 is 1.63 bits per heavy atom. The number of halogens is 1. The molecule has 0 spiro atoms. The van der Waals surface area contributed by atoms with Gasteiger partial charge >= 0.3 is 7.12 Å². The van der Waals surface area contributed by atoms with E-state index in [0.717, 1.165) is 9.94 Å². The summed E-state index contributed by atoms with van der Waals surface area (Å²) in [7, 11) is -0.302. The molecular formula is C14H20BBrO2S. The Bertz CT molecular complexity index is 486. The second kappa shape index (κ2) is 5.10. The topological polar surface area (TPSA) is 18.5 Å². The third-order valence-corrected chi connectivity index (χ3v) is 5.68. The van der Waals surface area contributed by atoms with Crippen LogP contribution in [0.5, 0.6) is 0 Å². The number of rotatable bonds is 2. The van der Waals surface area contributed by atoms with Crippen molar-refractivity contribution in [2.24, 2.45) is 0 Å². The zero-order valence-electron chi connectivity index (χ0n) is 12.3. The molecule has 1 fully saturated rings. The van der Waals surface area contributed by atoms with Crippen molar-refractivity contribution >= 4 is 40.3 Å². The summed E-state index contributed by atoms with van der Waals surface area (Å²) in [5.41, 5.74) is 1.71. The van der Waals surface area contributed by atoms with Gasteiger partial charge in [0.15, 0.2) is 0 Å². The van der Waals surface area contributed by atoms with Crippen molar-refractivity contribution in [2.45, 2.75) is 50.7 Å². The smallest absolute Gasteiger partial charge is 0.399 e. The molecule has 104 valence electrons. The van der Waals surface area contributed by atoms with Gasteiger partial charge in [0.1, 0.15) is 0 Å². The highest BCUT2D eigenvalue weighted by Gasteiger charge is 2.52. The Hall–Kier alpha value is 0.0349. The largest absolute Gasteiger partial charge is 0.496 e. The standard InChI is InChI=1S/C14H20BBrO2S/c1-9-7-10(12(19-6)11(16)8-9)15-17-13(2,3)14(4,5)18-15/h7-8H,1-6H3. The van der Waals surface area contributed by atoms with Gasteiger partial charge in [-0.05, 0) is 68.3 Å². The molecule has 0 aromatic heterocycles. The number of hydrogen-bond acceptors (Lipinski definition) is 3. The highest BCUT2D eigenvalue weighted by molar-refractivity contribution is 9.10. The number of thioether (sulfide) groups is 1. The van der Waals surface area contributed by atoms with Crippen LogP contribution in [0.25, 0.3) is 0 Å². The summed E-state index contributed by atoms with van der Waals surface area (Å²) in [5, 5.41) is 0. The lowest BCUT2D eigenvalue weighted by atomic mass is 9.78. The van der Waals surface area contributed by atoms with Gasteiger partial charge in [-0.15, -0.1) is 11.8 Å². The molecule has 2 rings (SSSR count). The summed E-state index contributed by atoms with van der Waals surface area (Å²) >= 11 is 5.34. The van der Waals surface area contributed by atoms with Gasteiger partial charge in [-0.2, -0.15) is 0 Å². The second-order valence-corrected chi connectivity index (χ2v) is 7.63. The van der Waals surface area contributed by atoms with Gasteiger partial charge in [0, 0.05) is 9.37 Å². The van der Waals surface area contributed by atoms with E-state index in [1.807, 2.05) is 0 Å². The van der Waals surface area contributed by atoms with Crippen molar-refractivity contribution in [1.82, 2.24) is 0 Å². The molecule has 1 heterocycles. The average molecular weight is 343 g/mol. The van der Waals surface area contributed by atoms with Crippen LogP contribution in [-0.2, 0) is 9.31 Å². The highest BCUT2D eigenvalue weighted by Crippen LogP contribution is 2.38. The van der Waals surface area contributed by atoms with Crippen molar-refractivity contribution in [3.8, 4) is 0 Å². The second-order valence-electron chi connectivity index (χ2n) is 5.96. The van der Waals surface area contributed by atoms with Gasteiger partial charge in [-0.1, -0.05) is 11.6 Å². The van der Waals surface area contributed by atoms with E-state index < -0.39 is 0 Å². The van der Waals surface area contributed by atoms with Crippen molar-refractivity contribution in [1.29, 1.82) is 0 Å². The highest BCUT2D eigenvalue weighted by atomic mass is 79.9. The maximum absolute atomic E-state index is 6.15. The molecule has 1 aliphatic rings. The average Bonchev–Trinajstić information content (AvgIpc) is 2.47. The molecule has 0 amide bonds. The van der Waals surface area contributed by atoms with Crippen LogP contribution in [0.4, 0.5) is 0 Å². The lowest BCUT2D eigenvalue weighted by Gasteiger charge is -2.32. The fourth-order valence-corrected chi connectivity index (χ4v) is 3.84. The first-order valence-corrected chi connectivity index (χ1v) is 8.39. The molecule has 1 saturated heterocycles. The first-order valence-electron chi connectivity index (χ1n) is 6.37. The predicted molar refractivity (Wildman–Crippen MR) is 86.4 cm³/mol. The lowest BCUT2D eigenvalue weighted by Crippen LogP contribution is -2.41. The number of benzene rings is 1. The van der Waals surface area contributed by atoms with Crippen LogP contribution in [0, 0.1) is 6.92 Å². The zero-order chi connectivity index (χ0) is 14.4. The molecule has 0 N–H and O–H groups in total. The molecule has 0 aliphatic carbocycles. The molecule has 0 atom stereocenters. The maximum atomic E-state index is 6.15. The van der Waals surface area contributed by atoms with Crippen molar-refractivity contribution in [3.05, 3.63) is 22.2 Å². The van der Waals surface area contributed by atoms with Gasteiger partial charge in [0.05, 0.1) is 11.2 Å². The Kier molecular flexibility index (Phi) is 4.14. The van der Waals surface area contributed by atoms with E-state index in [9.17, 15) is 0 Å². The van der Waals surface area contributed by atoms with Crippen LogP contribution < -0.4 is 5.46 Å². The monoisotopic (exact) mass is 342 g/mol. The molecule has 19 heavy (non-hydrogen) atoms. The van der Waals surface area contributed by atoms with Crippen LogP contribution in [0.2, 0.25) is 0 Å². The number of hydrogen-bond donors (Lipinski definition) is 0. The molecular weight excluding hydrogens is 323 g/mol. The fraction of sp³-hybridized carbons (Fsp3) is 0.571. The maximum Gasteiger partial charge on any atom is 0.496 e. The summed E-state index contributed by atoms with van der Waals surface area (Å²) in [6.45, 7) is 10.4. The van der Waals surface area contributed by atoms with Gasteiger partial charge in [-0.3, -0.25) is 0 Å². The Morgan fingerprint density at radius 3 is 2.11 bits per heavy atom. The van der Waals surface area contributed by atoms with E-state index in [2.05, 4.69) is 68.9 Å². The molecule has 2 nitrogen and oxygen atoms in total. The van der Waals surface area contributed by atoms with Crippen LogP contribution in [0.1, 0.15) is 33.3 Å². The van der Waals surface area contributed by atoms with Gasteiger partial charge in [0.25, 0.3) is 0 Å². The molecule has 0 bridgehead atoms. The van der Waals surface area contributed by atoms with Crippen LogP contribution >= 0.6 is 27.7 Å². The molecule has 1 aromatic carbocycles. The summed E-state index contributed by atoms with van der Waals surface area (Å²) in [6.07, 6.45) is 2.07. The zero-order valence-corrected chi connectivity index (χ0v) is 14.7. The quantitative estimate of drug-likeness (QED) is 0.602. The predicted octanol–water partition coefficient (Wildman–Crippen LogP) is 3.78. The Morgan fingerprint density at radius 1 is 1.11 bits per heavy atom. The van der Waals surface area contributed by atoms with E-state index in [1.54, 1.807) is 11.8 Å². The van der Waals surface area contributed by atoms with Crippen LogP contribution in [-0.4, -0.2) is 24.6 Å². The van der Waals surface area contributed by atoms with Crippen molar-refractivity contribution < 1.29 is 9.31 Å². The minimum Gasteiger partial charge on any atom is -0.399 e. The molecule has 1 aliphatic heterocycles. The summed E-state index contributed by atoms with van der Waals surface area (Å²) in [4.78, 5) is 1.18. The first-order chi connectivity index (χ1) is 8.68. The molecule has 0 unspecified atom stereocenters. The Labute approximate surface area is 128 Å². The molecule has 5 heteroatoms. The van der Waals surface area contributed by atoms with Gasteiger partial charge in [-0.25, -0.2) is 0 Å². The summed E-state index contributed by atoms with van der Waals surface area (Å²) in [5.74, 6) is 0. The SMILES string of the molecule is CSc1c(Br)cc(C)cc1B1OC(C)(C)C(C)(C)O1. The minimum absolute atomic E-state index is 0.302. The summed E-state index contributed by atoms with van der Waals surface area (Å²) in [6, 6.07) is 4.28. The van der Waals surface area contributed by atoms with E-state index in [0.29, 0.717) is 0 Å². The normalized spacial score (nSPS) is 20.9. The molecule has 1 aromatic rings. The van der Waals surface area contributed by atoms with Crippen LogP contribution in [0.15, 0.2) is 21.5 Å². The fourth-order valence-electron chi connectivity index (χ4n) is 2.12. The van der Waals surface area contributed by atoms with E-state index >= 15 is 0 Å². The third-order valence-electron chi connectivity index (χ3n) is 3.93. The minimum atomic E-state index is -0.302. The van der Waals surface area contributed by atoms with E-state index in [1.165, 1.54) is 10.5 Å². The van der Waals surface area contributed by atoms with Crippen LogP contribution in [0.3, 0.4) is 0 Å². The van der Waals surface area contributed by atoms with E-state index in [-0.39, 0.29) is 18.3 Å². The number of aryl methyl sites for hydroxylation is 1. The van der Waals surface area contributed by atoms with Crippen molar-refractivity contribution in [2.75, 3.05) is 6.26 Å².